The van der Waals surface area contributed by atoms with Gasteiger partial charge in [-0.2, -0.15) is 4.98 Å². The maximum Gasteiger partial charge on any atom is 0.266 e. The summed E-state index contributed by atoms with van der Waals surface area (Å²) in [5.41, 5.74) is 2.20. The van der Waals surface area contributed by atoms with E-state index in [1.165, 1.54) is 5.56 Å². The Morgan fingerprint density at radius 3 is 2.95 bits per heavy atom. The fourth-order valence-corrected chi connectivity index (χ4v) is 2.11. The number of aromatic nitrogens is 3. The van der Waals surface area contributed by atoms with Crippen LogP contribution in [0.4, 0.5) is 5.95 Å². The number of fused-ring (bicyclic) bond motifs is 1. The van der Waals surface area contributed by atoms with Crippen molar-refractivity contribution in [2.45, 2.75) is 19.9 Å². The molecule has 0 N–H and O–H groups in total. The van der Waals surface area contributed by atoms with E-state index in [0.717, 1.165) is 23.9 Å². The molecule has 3 rings (SSSR count). The monoisotopic (exact) mass is 268 g/mol. The van der Waals surface area contributed by atoms with Gasteiger partial charge in [0.05, 0.1) is 5.52 Å². The van der Waals surface area contributed by atoms with Gasteiger partial charge in [-0.3, -0.25) is 4.98 Å². The Balaban J connectivity index is 1.81. The summed E-state index contributed by atoms with van der Waals surface area (Å²) >= 11 is 0. The van der Waals surface area contributed by atoms with Gasteiger partial charge < -0.3 is 9.42 Å². The molecule has 0 saturated heterocycles. The Bertz CT molecular complexity index is 722. The molecule has 102 valence electrons. The lowest BCUT2D eigenvalue weighted by Gasteiger charge is -2.14. The van der Waals surface area contributed by atoms with Gasteiger partial charge in [0, 0.05) is 31.6 Å². The normalized spacial score (nSPS) is 10.9. The molecule has 2 heterocycles. The van der Waals surface area contributed by atoms with Gasteiger partial charge in [0.15, 0.2) is 0 Å². The van der Waals surface area contributed by atoms with Crippen LogP contribution in [0.25, 0.3) is 10.9 Å². The minimum Gasteiger partial charge on any atom is -0.337 e. The topological polar surface area (TPSA) is 55.1 Å². The van der Waals surface area contributed by atoms with Crippen LogP contribution in [-0.2, 0) is 13.0 Å². The van der Waals surface area contributed by atoms with E-state index in [0.29, 0.717) is 11.8 Å². The van der Waals surface area contributed by atoms with Crippen molar-refractivity contribution in [3.63, 3.8) is 0 Å². The van der Waals surface area contributed by atoms with Crippen molar-refractivity contribution in [2.75, 3.05) is 11.9 Å². The molecule has 0 aliphatic carbocycles. The maximum atomic E-state index is 5.13. The van der Waals surface area contributed by atoms with Gasteiger partial charge >= 0.3 is 0 Å². The van der Waals surface area contributed by atoms with Gasteiger partial charge in [-0.25, -0.2) is 0 Å². The van der Waals surface area contributed by atoms with E-state index in [-0.39, 0.29) is 0 Å². The summed E-state index contributed by atoms with van der Waals surface area (Å²) < 4.78 is 5.13. The molecule has 0 aliphatic heterocycles. The summed E-state index contributed by atoms with van der Waals surface area (Å²) in [6.45, 7) is 2.72. The average molecular weight is 268 g/mol. The summed E-state index contributed by atoms with van der Waals surface area (Å²) in [6.07, 6.45) is 2.56. The molecule has 20 heavy (non-hydrogen) atoms. The summed E-state index contributed by atoms with van der Waals surface area (Å²) in [5.74, 6) is 1.28. The van der Waals surface area contributed by atoms with Gasteiger partial charge in [0.1, 0.15) is 0 Å². The predicted molar refractivity (Wildman–Crippen MR) is 77.5 cm³/mol. The third-order valence-electron chi connectivity index (χ3n) is 3.19. The predicted octanol–water partition coefficient (Wildman–Crippen LogP) is 2.82. The first-order chi connectivity index (χ1) is 9.76. The van der Waals surface area contributed by atoms with E-state index >= 15 is 0 Å². The Kier molecular flexibility index (Phi) is 3.33. The molecule has 0 spiro atoms. The van der Waals surface area contributed by atoms with Crippen LogP contribution >= 0.6 is 0 Å². The molecule has 0 amide bonds. The fraction of sp³-hybridized carbons (Fsp3) is 0.267. The summed E-state index contributed by atoms with van der Waals surface area (Å²) in [4.78, 5) is 10.6. The number of hydrogen-bond acceptors (Lipinski definition) is 5. The number of pyridine rings is 1. The van der Waals surface area contributed by atoms with Crippen LogP contribution in [0.15, 0.2) is 41.1 Å². The highest BCUT2D eigenvalue weighted by molar-refractivity contribution is 5.78. The molecule has 0 atom stereocenters. The Morgan fingerprint density at radius 1 is 1.25 bits per heavy atom. The van der Waals surface area contributed by atoms with Crippen LogP contribution in [0.1, 0.15) is 18.4 Å². The lowest BCUT2D eigenvalue weighted by atomic mass is 10.1. The number of anilines is 1. The Hall–Kier alpha value is -2.43. The zero-order valence-electron chi connectivity index (χ0n) is 11.6. The van der Waals surface area contributed by atoms with E-state index in [1.54, 1.807) is 6.20 Å². The highest BCUT2D eigenvalue weighted by Crippen LogP contribution is 2.16. The van der Waals surface area contributed by atoms with Gasteiger partial charge in [-0.05, 0) is 28.9 Å². The summed E-state index contributed by atoms with van der Waals surface area (Å²) in [5, 5.41) is 5.11. The van der Waals surface area contributed by atoms with Crippen LogP contribution in [0.2, 0.25) is 0 Å². The van der Waals surface area contributed by atoms with E-state index in [4.69, 9.17) is 4.52 Å². The standard InChI is InChI=1S/C15H16N4O/c1-3-14-17-15(18-20-14)19(2)10-11-6-7-13-12(9-11)5-4-8-16-13/h4-9H,3,10H2,1-2H3. The van der Waals surface area contributed by atoms with Crippen molar-refractivity contribution in [3.05, 3.63) is 48.0 Å². The zero-order valence-corrected chi connectivity index (χ0v) is 11.6. The summed E-state index contributed by atoms with van der Waals surface area (Å²) in [7, 11) is 1.96. The molecule has 0 radical (unpaired) electrons. The smallest absolute Gasteiger partial charge is 0.266 e. The average Bonchev–Trinajstić information content (AvgIpc) is 2.96. The molecule has 3 aromatic rings. The van der Waals surface area contributed by atoms with Gasteiger partial charge in [0.25, 0.3) is 5.95 Å². The highest BCUT2D eigenvalue weighted by atomic mass is 16.5. The number of nitrogens with zero attached hydrogens (tertiary/aromatic N) is 4. The molecule has 0 bridgehead atoms. The van der Waals surface area contributed by atoms with Crippen molar-refractivity contribution in [1.29, 1.82) is 0 Å². The Morgan fingerprint density at radius 2 is 2.15 bits per heavy atom. The largest absolute Gasteiger partial charge is 0.337 e. The van der Waals surface area contributed by atoms with Gasteiger partial charge in [-0.1, -0.05) is 19.1 Å². The minimum absolute atomic E-state index is 0.619. The number of aryl methyl sites for hydroxylation is 1. The van der Waals surface area contributed by atoms with Crippen molar-refractivity contribution in [3.8, 4) is 0 Å². The van der Waals surface area contributed by atoms with E-state index < -0.39 is 0 Å². The lowest BCUT2D eigenvalue weighted by molar-refractivity contribution is 0.381. The van der Waals surface area contributed by atoms with Crippen molar-refractivity contribution in [1.82, 2.24) is 15.1 Å². The number of benzene rings is 1. The van der Waals surface area contributed by atoms with Crippen LogP contribution in [0.3, 0.4) is 0 Å². The number of rotatable bonds is 4. The second kappa shape index (κ2) is 5.28. The van der Waals surface area contributed by atoms with Gasteiger partial charge in [-0.15, -0.1) is 0 Å². The van der Waals surface area contributed by atoms with Crippen molar-refractivity contribution >= 4 is 16.9 Å². The molecule has 0 aliphatic rings. The molecule has 0 saturated carbocycles. The Labute approximate surface area is 117 Å². The first-order valence-electron chi connectivity index (χ1n) is 6.63. The summed E-state index contributed by atoms with van der Waals surface area (Å²) in [6, 6.07) is 10.3. The van der Waals surface area contributed by atoms with E-state index in [9.17, 15) is 0 Å². The third-order valence-corrected chi connectivity index (χ3v) is 3.19. The first kappa shape index (κ1) is 12.6. The molecule has 1 aromatic carbocycles. The van der Waals surface area contributed by atoms with E-state index in [2.05, 4.69) is 33.3 Å². The fourth-order valence-electron chi connectivity index (χ4n) is 2.11. The van der Waals surface area contributed by atoms with Crippen LogP contribution < -0.4 is 4.90 Å². The molecule has 5 nitrogen and oxygen atoms in total. The zero-order chi connectivity index (χ0) is 13.9. The van der Waals surface area contributed by atoms with Crippen LogP contribution in [0.5, 0.6) is 0 Å². The van der Waals surface area contributed by atoms with Crippen molar-refractivity contribution < 1.29 is 4.52 Å². The molecule has 0 fully saturated rings. The minimum atomic E-state index is 0.619. The lowest BCUT2D eigenvalue weighted by Crippen LogP contribution is -2.17. The second-order valence-electron chi connectivity index (χ2n) is 4.73. The molecular formula is C15H16N4O. The number of hydrogen-bond donors (Lipinski definition) is 0. The van der Waals surface area contributed by atoms with Crippen molar-refractivity contribution in [2.24, 2.45) is 0 Å². The molecule has 5 heteroatoms. The SMILES string of the molecule is CCc1nc(N(C)Cc2ccc3ncccc3c2)no1. The van der Waals surface area contributed by atoms with Crippen LogP contribution in [-0.4, -0.2) is 22.2 Å². The van der Waals surface area contributed by atoms with Crippen LogP contribution in [0, 0.1) is 0 Å². The first-order valence-corrected chi connectivity index (χ1v) is 6.63. The maximum absolute atomic E-state index is 5.13. The quantitative estimate of drug-likeness (QED) is 0.728. The highest BCUT2D eigenvalue weighted by Gasteiger charge is 2.10. The van der Waals surface area contributed by atoms with Gasteiger partial charge in [0.2, 0.25) is 5.89 Å². The molecule has 2 aromatic heterocycles. The van der Waals surface area contributed by atoms with E-state index in [1.807, 2.05) is 31.0 Å². The molecule has 0 unspecified atom stereocenters. The third kappa shape index (κ3) is 2.47. The second-order valence-corrected chi connectivity index (χ2v) is 4.73. The molecular weight excluding hydrogens is 252 g/mol.